The Kier molecular flexibility index (Phi) is 19.5. The molecule has 3 aromatic heterocycles. The van der Waals surface area contributed by atoms with E-state index in [0.717, 1.165) is 28.6 Å². The summed E-state index contributed by atoms with van der Waals surface area (Å²) < 4.78 is 0. The van der Waals surface area contributed by atoms with Gasteiger partial charge in [-0.05, 0) is 66.4 Å². The molecular formula is C40H65N7O2S. The fourth-order valence-electron chi connectivity index (χ4n) is 4.46. The third-order valence-electron chi connectivity index (χ3n) is 7.73. The Morgan fingerprint density at radius 1 is 0.560 bits per heavy atom. The molecular weight excluding hydrogens is 643 g/mol. The van der Waals surface area contributed by atoms with Gasteiger partial charge in [0.05, 0.1) is 28.0 Å². The van der Waals surface area contributed by atoms with Gasteiger partial charge in [0, 0.05) is 43.2 Å². The number of rotatable bonds is 9. The summed E-state index contributed by atoms with van der Waals surface area (Å²) >= 11 is 1.58. The van der Waals surface area contributed by atoms with E-state index in [2.05, 4.69) is 125 Å². The molecule has 0 saturated carbocycles. The summed E-state index contributed by atoms with van der Waals surface area (Å²) in [5.41, 5.74) is 5.48. The Balaban J connectivity index is 0.000000334. The zero-order chi connectivity index (χ0) is 38.3. The van der Waals surface area contributed by atoms with E-state index in [-0.39, 0.29) is 23.1 Å². The molecule has 1 aliphatic heterocycles. The smallest absolute Gasteiger partial charge is 0.243 e. The summed E-state index contributed by atoms with van der Waals surface area (Å²) in [4.78, 5) is 41.9. The number of carbonyl (C=O) groups excluding carboxylic acids is 2. The van der Waals surface area contributed by atoms with Crippen molar-refractivity contribution in [2.75, 3.05) is 0 Å². The van der Waals surface area contributed by atoms with E-state index in [1.807, 2.05) is 52.5 Å². The second-order valence-electron chi connectivity index (χ2n) is 15.1. The van der Waals surface area contributed by atoms with Crippen LogP contribution in [0.4, 0.5) is 0 Å². The Morgan fingerprint density at radius 3 is 1.24 bits per heavy atom. The van der Waals surface area contributed by atoms with Crippen molar-refractivity contribution in [3.8, 4) is 0 Å². The quantitative estimate of drug-likeness (QED) is 0.200. The molecule has 0 radical (unpaired) electrons. The largest absolute Gasteiger partial charge is 0.279 e. The average Bonchev–Trinajstić information content (AvgIpc) is 3.33. The molecule has 0 N–H and O–H groups in total. The summed E-state index contributed by atoms with van der Waals surface area (Å²) in [5, 5.41) is 8.54. The SMILES string of the molecule is CC(C)SC1CC(=O)N(C(C)C)C1=O.CC(C)c1ccc(C(C)C)nn1.CC(C)c1cnc(C(C)C)cn1.CC(C)c1cnc(C(C)C)nc1. The van der Waals surface area contributed by atoms with Crippen molar-refractivity contribution in [3.05, 3.63) is 71.1 Å². The van der Waals surface area contributed by atoms with Crippen LogP contribution in [0.2, 0.25) is 0 Å². The predicted molar refractivity (Wildman–Crippen MR) is 209 cm³/mol. The van der Waals surface area contributed by atoms with Crippen LogP contribution in [0.5, 0.6) is 0 Å². The van der Waals surface area contributed by atoms with E-state index in [1.165, 1.54) is 10.5 Å². The lowest BCUT2D eigenvalue weighted by Crippen LogP contribution is -2.37. The molecule has 50 heavy (non-hydrogen) atoms. The summed E-state index contributed by atoms with van der Waals surface area (Å²) in [6.45, 7) is 33.3. The van der Waals surface area contributed by atoms with Gasteiger partial charge >= 0.3 is 0 Å². The lowest BCUT2D eigenvalue weighted by Gasteiger charge is -2.19. The summed E-state index contributed by atoms with van der Waals surface area (Å²) in [6, 6.07) is 4.12. The number of amides is 2. The Bertz CT molecular complexity index is 1190. The molecule has 3 aromatic rings. The maximum atomic E-state index is 11.8. The molecule has 4 heterocycles. The molecule has 1 aliphatic rings. The summed E-state index contributed by atoms with van der Waals surface area (Å²) in [7, 11) is 0. The minimum absolute atomic E-state index is 0.00670. The van der Waals surface area contributed by atoms with Gasteiger partial charge in [0.2, 0.25) is 11.8 Å². The van der Waals surface area contributed by atoms with Gasteiger partial charge in [-0.25, -0.2) is 9.97 Å². The Labute approximate surface area is 307 Å². The number of thioether (sulfide) groups is 1. The number of nitrogens with zero attached hydrogens (tertiary/aromatic N) is 7. The molecule has 0 spiro atoms. The number of hydrogen-bond donors (Lipinski definition) is 0. The third kappa shape index (κ3) is 15.3. The van der Waals surface area contributed by atoms with Crippen LogP contribution >= 0.6 is 11.8 Å². The normalized spacial score (nSPS) is 14.5. The molecule has 0 aromatic carbocycles. The van der Waals surface area contributed by atoms with Gasteiger partial charge in [0.1, 0.15) is 5.82 Å². The van der Waals surface area contributed by atoms with E-state index >= 15 is 0 Å². The second kappa shape index (κ2) is 21.8. The highest BCUT2D eigenvalue weighted by molar-refractivity contribution is 8.01. The van der Waals surface area contributed by atoms with Crippen LogP contribution in [0.25, 0.3) is 0 Å². The topological polar surface area (TPSA) is 115 Å². The molecule has 9 nitrogen and oxygen atoms in total. The summed E-state index contributed by atoms with van der Waals surface area (Å²) in [5.74, 6) is 3.72. The van der Waals surface area contributed by atoms with E-state index < -0.39 is 0 Å². The third-order valence-corrected chi connectivity index (χ3v) is 8.97. The molecule has 0 bridgehead atoms. The second-order valence-corrected chi connectivity index (χ2v) is 16.9. The first-order valence-electron chi connectivity index (χ1n) is 18.2. The standard InChI is InChI=1S/3C10H16N2.C10H17NO2S/c1-7(2)9-5-12-10(6-11-9)8(3)4;1-7(2)9-5-11-10(8(3)4)12-6-9;1-7(2)9-5-6-10(8(3)4)12-11-9;1-6(2)11-9(12)5-8(10(11)13)14-7(3)4/h3*5-8H,1-4H3;6-8H,5H2,1-4H3. The van der Waals surface area contributed by atoms with Crippen molar-refractivity contribution >= 4 is 23.6 Å². The molecule has 1 saturated heterocycles. The Hall–Kier alpha value is -3.27. The molecule has 10 heteroatoms. The minimum Gasteiger partial charge on any atom is -0.279 e. The molecule has 4 rings (SSSR count). The number of carbonyl (C=O) groups is 2. The van der Waals surface area contributed by atoms with Crippen molar-refractivity contribution < 1.29 is 9.59 Å². The number of imide groups is 1. The average molecular weight is 708 g/mol. The predicted octanol–water partition coefficient (Wildman–Crippen LogP) is 9.83. The van der Waals surface area contributed by atoms with E-state index in [9.17, 15) is 9.59 Å². The lowest BCUT2D eigenvalue weighted by atomic mass is 10.1. The monoisotopic (exact) mass is 707 g/mol. The first-order valence-corrected chi connectivity index (χ1v) is 19.2. The highest BCUT2D eigenvalue weighted by atomic mass is 32.2. The zero-order valence-corrected chi connectivity index (χ0v) is 34.5. The molecule has 2 amide bonds. The van der Waals surface area contributed by atoms with E-state index in [0.29, 0.717) is 47.2 Å². The van der Waals surface area contributed by atoms with Crippen LogP contribution in [0.1, 0.15) is 187 Å². The van der Waals surface area contributed by atoms with E-state index in [4.69, 9.17) is 0 Å². The van der Waals surface area contributed by atoms with Crippen molar-refractivity contribution in [1.82, 2.24) is 35.0 Å². The van der Waals surface area contributed by atoms with Crippen LogP contribution < -0.4 is 0 Å². The zero-order valence-electron chi connectivity index (χ0n) is 33.7. The van der Waals surface area contributed by atoms with Crippen LogP contribution in [0.3, 0.4) is 0 Å². The molecule has 0 aliphatic carbocycles. The van der Waals surface area contributed by atoms with Gasteiger partial charge in [-0.3, -0.25) is 24.5 Å². The van der Waals surface area contributed by atoms with Gasteiger partial charge in [-0.2, -0.15) is 10.2 Å². The Morgan fingerprint density at radius 2 is 0.980 bits per heavy atom. The van der Waals surface area contributed by atoms with Gasteiger partial charge < -0.3 is 0 Å². The molecule has 1 fully saturated rings. The minimum atomic E-state index is -0.148. The molecule has 278 valence electrons. The highest BCUT2D eigenvalue weighted by Crippen LogP contribution is 2.29. The van der Waals surface area contributed by atoms with Gasteiger partial charge in [-0.15, -0.1) is 11.8 Å². The van der Waals surface area contributed by atoms with Crippen molar-refractivity contribution in [2.45, 2.75) is 169 Å². The maximum Gasteiger partial charge on any atom is 0.243 e. The molecule has 1 atom stereocenters. The van der Waals surface area contributed by atoms with Crippen LogP contribution in [-0.2, 0) is 9.59 Å². The van der Waals surface area contributed by atoms with Crippen LogP contribution in [0, 0.1) is 0 Å². The first kappa shape index (κ1) is 44.8. The van der Waals surface area contributed by atoms with Crippen LogP contribution in [0.15, 0.2) is 36.9 Å². The molecule has 1 unspecified atom stereocenters. The van der Waals surface area contributed by atoms with Crippen molar-refractivity contribution in [2.24, 2.45) is 0 Å². The summed E-state index contributed by atoms with van der Waals surface area (Å²) in [6.07, 6.45) is 7.97. The van der Waals surface area contributed by atoms with Gasteiger partial charge in [0.15, 0.2) is 0 Å². The number of likely N-dealkylation sites (tertiary alicyclic amines) is 1. The lowest BCUT2D eigenvalue weighted by molar-refractivity contribution is -0.140. The maximum absolute atomic E-state index is 11.8. The van der Waals surface area contributed by atoms with Gasteiger partial charge in [0.25, 0.3) is 0 Å². The van der Waals surface area contributed by atoms with Crippen molar-refractivity contribution in [3.63, 3.8) is 0 Å². The number of aromatic nitrogens is 6. The number of hydrogen-bond acceptors (Lipinski definition) is 9. The fraction of sp³-hybridized carbons (Fsp3) is 0.650. The fourth-order valence-corrected chi connectivity index (χ4v) is 5.58. The first-order chi connectivity index (χ1) is 23.3. The van der Waals surface area contributed by atoms with Gasteiger partial charge in [-0.1, -0.05) is 96.9 Å². The highest BCUT2D eigenvalue weighted by Gasteiger charge is 2.40. The van der Waals surface area contributed by atoms with E-state index in [1.54, 1.807) is 11.8 Å². The van der Waals surface area contributed by atoms with Crippen molar-refractivity contribution in [1.29, 1.82) is 0 Å². The van der Waals surface area contributed by atoms with Crippen LogP contribution in [-0.4, -0.2) is 63.4 Å².